The van der Waals surface area contributed by atoms with Crippen LogP contribution in [0.5, 0.6) is 0 Å². The monoisotopic (exact) mass is 392 g/mol. The number of anilines is 3. The average molecular weight is 392 g/mol. The molecule has 0 atom stereocenters. The second-order valence-corrected chi connectivity index (χ2v) is 7.65. The minimum Gasteiger partial charge on any atom is -0.368 e. The standard InChI is InChI=1S/C19H20N8S/c1-12-18(28-13(2)24-12)17-15(20-3)11-23-19(26-17)25-16-5-4-14(10-22-16)27-8-6-21-7-9-27/h4-5,10-11,21H,6-9H2,1-2H3,(H,22,23,25,26). The van der Waals surface area contributed by atoms with Gasteiger partial charge >= 0.3 is 0 Å². The van der Waals surface area contributed by atoms with Crippen LogP contribution >= 0.6 is 11.3 Å². The summed E-state index contributed by atoms with van der Waals surface area (Å²) in [6, 6.07) is 3.97. The first-order valence-electron chi connectivity index (χ1n) is 9.01. The van der Waals surface area contributed by atoms with Gasteiger partial charge < -0.3 is 15.5 Å². The molecule has 9 heteroatoms. The van der Waals surface area contributed by atoms with Gasteiger partial charge in [-0.2, -0.15) is 0 Å². The maximum atomic E-state index is 7.41. The van der Waals surface area contributed by atoms with E-state index in [0.717, 1.165) is 47.4 Å². The number of aryl methyl sites for hydroxylation is 2. The number of rotatable bonds is 4. The molecule has 3 aromatic heterocycles. The van der Waals surface area contributed by atoms with Crippen molar-refractivity contribution in [2.24, 2.45) is 0 Å². The largest absolute Gasteiger partial charge is 0.368 e. The van der Waals surface area contributed by atoms with E-state index in [0.29, 0.717) is 23.1 Å². The number of hydrogen-bond donors (Lipinski definition) is 2. The van der Waals surface area contributed by atoms with Crippen molar-refractivity contribution in [2.75, 3.05) is 36.4 Å². The number of nitrogens with zero attached hydrogens (tertiary/aromatic N) is 6. The van der Waals surface area contributed by atoms with Crippen LogP contribution < -0.4 is 15.5 Å². The molecule has 142 valence electrons. The lowest BCUT2D eigenvalue weighted by Gasteiger charge is -2.29. The van der Waals surface area contributed by atoms with Crippen LogP contribution in [0.4, 0.5) is 23.1 Å². The van der Waals surface area contributed by atoms with E-state index in [4.69, 9.17) is 6.57 Å². The van der Waals surface area contributed by atoms with Crippen LogP contribution in [0.15, 0.2) is 24.5 Å². The normalized spacial score (nSPS) is 14.0. The molecular formula is C19H20N8S. The summed E-state index contributed by atoms with van der Waals surface area (Å²) in [4.78, 5) is 24.5. The predicted molar refractivity (Wildman–Crippen MR) is 111 cm³/mol. The van der Waals surface area contributed by atoms with E-state index >= 15 is 0 Å². The number of piperazine rings is 1. The summed E-state index contributed by atoms with van der Waals surface area (Å²) in [5.41, 5.74) is 3.00. The summed E-state index contributed by atoms with van der Waals surface area (Å²) in [5, 5.41) is 7.43. The zero-order valence-electron chi connectivity index (χ0n) is 15.7. The zero-order chi connectivity index (χ0) is 19.5. The van der Waals surface area contributed by atoms with Gasteiger partial charge in [0.25, 0.3) is 0 Å². The molecule has 28 heavy (non-hydrogen) atoms. The van der Waals surface area contributed by atoms with Crippen molar-refractivity contribution in [3.05, 3.63) is 46.6 Å². The van der Waals surface area contributed by atoms with E-state index in [2.05, 4.69) is 40.3 Å². The summed E-state index contributed by atoms with van der Waals surface area (Å²) in [7, 11) is 0. The second-order valence-electron chi connectivity index (χ2n) is 6.45. The average Bonchev–Trinajstić information content (AvgIpc) is 3.07. The lowest BCUT2D eigenvalue weighted by atomic mass is 10.2. The third kappa shape index (κ3) is 3.78. The Bertz CT molecular complexity index is 1020. The highest BCUT2D eigenvalue weighted by atomic mass is 32.1. The molecule has 4 rings (SSSR count). The van der Waals surface area contributed by atoms with Crippen LogP contribution in [0, 0.1) is 20.4 Å². The highest BCUT2D eigenvalue weighted by Gasteiger charge is 2.16. The Hall–Kier alpha value is -3.09. The molecule has 1 aliphatic heterocycles. The molecule has 0 amide bonds. The molecular weight excluding hydrogens is 372 g/mol. The Morgan fingerprint density at radius 2 is 1.96 bits per heavy atom. The maximum Gasteiger partial charge on any atom is 0.231 e. The van der Waals surface area contributed by atoms with Gasteiger partial charge in [0.15, 0.2) is 0 Å². The Balaban J connectivity index is 1.57. The van der Waals surface area contributed by atoms with Crippen molar-refractivity contribution in [3.63, 3.8) is 0 Å². The van der Waals surface area contributed by atoms with Gasteiger partial charge in [0.1, 0.15) is 5.82 Å². The van der Waals surface area contributed by atoms with Gasteiger partial charge in [0.05, 0.1) is 39.7 Å². The highest BCUT2D eigenvalue weighted by molar-refractivity contribution is 7.15. The first-order valence-corrected chi connectivity index (χ1v) is 9.83. The number of thiazole rings is 1. The van der Waals surface area contributed by atoms with Gasteiger partial charge in [0.2, 0.25) is 11.6 Å². The molecule has 0 radical (unpaired) electrons. The maximum absolute atomic E-state index is 7.41. The van der Waals surface area contributed by atoms with Gasteiger partial charge in [-0.1, -0.05) is 0 Å². The first kappa shape index (κ1) is 18.3. The predicted octanol–water partition coefficient (Wildman–Crippen LogP) is 3.32. The molecule has 0 bridgehead atoms. The van der Waals surface area contributed by atoms with E-state index < -0.39 is 0 Å². The molecule has 8 nitrogen and oxygen atoms in total. The number of pyridine rings is 1. The smallest absolute Gasteiger partial charge is 0.231 e. The summed E-state index contributed by atoms with van der Waals surface area (Å²) < 4.78 is 0. The molecule has 0 aromatic carbocycles. The van der Waals surface area contributed by atoms with Crippen molar-refractivity contribution in [1.29, 1.82) is 0 Å². The van der Waals surface area contributed by atoms with Crippen LogP contribution in [0.3, 0.4) is 0 Å². The van der Waals surface area contributed by atoms with E-state index in [9.17, 15) is 0 Å². The third-order valence-electron chi connectivity index (χ3n) is 4.48. The molecule has 3 aromatic rings. The van der Waals surface area contributed by atoms with Crippen molar-refractivity contribution < 1.29 is 0 Å². The van der Waals surface area contributed by atoms with E-state index in [1.54, 1.807) is 6.20 Å². The number of nitrogens with one attached hydrogen (secondary N) is 2. The van der Waals surface area contributed by atoms with Crippen molar-refractivity contribution in [1.82, 2.24) is 25.3 Å². The summed E-state index contributed by atoms with van der Waals surface area (Å²) in [6.07, 6.45) is 3.40. The summed E-state index contributed by atoms with van der Waals surface area (Å²) >= 11 is 1.53. The van der Waals surface area contributed by atoms with Gasteiger partial charge in [-0.25, -0.2) is 24.8 Å². The van der Waals surface area contributed by atoms with E-state index in [1.165, 1.54) is 11.3 Å². The van der Waals surface area contributed by atoms with Crippen molar-refractivity contribution in [2.45, 2.75) is 13.8 Å². The topological polar surface area (TPSA) is 83.2 Å². The SMILES string of the molecule is [C-]#[N+]c1cnc(Nc2ccc(N3CCNCC3)cn2)nc1-c1sc(C)nc1C. The van der Waals surface area contributed by atoms with Gasteiger partial charge in [-0.3, -0.25) is 0 Å². The van der Waals surface area contributed by atoms with Crippen LogP contribution in [-0.2, 0) is 0 Å². The van der Waals surface area contributed by atoms with Crippen molar-refractivity contribution >= 4 is 34.5 Å². The molecule has 0 spiro atoms. The Morgan fingerprint density at radius 1 is 1.14 bits per heavy atom. The quantitative estimate of drug-likeness (QED) is 0.659. The fraction of sp³-hybridized carbons (Fsp3) is 0.316. The number of hydrogen-bond acceptors (Lipinski definition) is 8. The Kier molecular flexibility index (Phi) is 5.14. The van der Waals surface area contributed by atoms with E-state index in [-0.39, 0.29) is 0 Å². The molecule has 1 saturated heterocycles. The van der Waals surface area contributed by atoms with Crippen molar-refractivity contribution in [3.8, 4) is 10.6 Å². The van der Waals surface area contributed by atoms with Crippen LogP contribution in [0.2, 0.25) is 0 Å². The lowest BCUT2D eigenvalue weighted by molar-refractivity contribution is 0.589. The fourth-order valence-corrected chi connectivity index (χ4v) is 4.04. The van der Waals surface area contributed by atoms with Gasteiger partial charge in [-0.05, 0) is 26.0 Å². The Labute approximate surface area is 167 Å². The molecule has 0 unspecified atom stereocenters. The summed E-state index contributed by atoms with van der Waals surface area (Å²) in [5.74, 6) is 1.08. The minimum absolute atomic E-state index is 0.412. The van der Waals surface area contributed by atoms with Gasteiger partial charge in [0, 0.05) is 32.4 Å². The third-order valence-corrected chi connectivity index (χ3v) is 5.56. The highest BCUT2D eigenvalue weighted by Crippen LogP contribution is 2.35. The lowest BCUT2D eigenvalue weighted by Crippen LogP contribution is -2.43. The molecule has 4 heterocycles. The second kappa shape index (κ2) is 7.88. The Morgan fingerprint density at radius 3 is 2.61 bits per heavy atom. The van der Waals surface area contributed by atoms with Crippen LogP contribution in [0.25, 0.3) is 15.4 Å². The molecule has 1 aliphatic rings. The zero-order valence-corrected chi connectivity index (χ0v) is 16.5. The first-order chi connectivity index (χ1) is 13.6. The molecule has 2 N–H and O–H groups in total. The van der Waals surface area contributed by atoms with Gasteiger partial charge in [-0.15, -0.1) is 11.3 Å². The summed E-state index contributed by atoms with van der Waals surface area (Å²) in [6.45, 7) is 15.2. The fourth-order valence-electron chi connectivity index (χ4n) is 3.12. The minimum atomic E-state index is 0.412. The molecule has 0 aliphatic carbocycles. The van der Waals surface area contributed by atoms with Crippen LogP contribution in [0.1, 0.15) is 10.7 Å². The van der Waals surface area contributed by atoms with E-state index in [1.807, 2.05) is 32.2 Å². The van der Waals surface area contributed by atoms with Crippen LogP contribution in [-0.4, -0.2) is 46.1 Å². The molecule has 1 fully saturated rings. The molecule has 0 saturated carbocycles. The number of aromatic nitrogens is 4.